The molecule has 2 N–H and O–H groups in total. The Bertz CT molecular complexity index is 732. The third-order valence-corrected chi connectivity index (χ3v) is 6.21. The molecule has 0 saturated carbocycles. The Hall–Kier alpha value is -1.99. The highest BCUT2D eigenvalue weighted by molar-refractivity contribution is 5.77. The standard InChI is InChI=1S/C32H61NO15/c1-3-5-6-29(4-2)32(37)48-26-25-46-24-23-45-22-21-44-20-19-43-18-17-42-16-15-41-14-13-40-12-11-39-10-9-38-8-7-33-30(34)27-47-28-31(35)36/h29H,3-28H2,1-2H3,(H,33,34)(H,35,36). The van der Waals surface area contributed by atoms with Crippen LogP contribution in [-0.2, 0) is 66.5 Å². The summed E-state index contributed by atoms with van der Waals surface area (Å²) >= 11 is 0. The number of hydrogen-bond donors (Lipinski definition) is 2. The van der Waals surface area contributed by atoms with Gasteiger partial charge in [-0.2, -0.15) is 0 Å². The van der Waals surface area contributed by atoms with E-state index in [4.69, 9.17) is 52.5 Å². The van der Waals surface area contributed by atoms with Gasteiger partial charge in [0.05, 0.1) is 125 Å². The molecular weight excluding hydrogens is 638 g/mol. The number of ether oxygens (including phenoxy) is 11. The van der Waals surface area contributed by atoms with E-state index >= 15 is 0 Å². The predicted molar refractivity (Wildman–Crippen MR) is 173 cm³/mol. The topological polar surface area (TPSA) is 185 Å². The van der Waals surface area contributed by atoms with Crippen molar-refractivity contribution in [2.45, 2.75) is 39.5 Å². The molecule has 284 valence electrons. The summed E-state index contributed by atoms with van der Waals surface area (Å²) in [7, 11) is 0. The fourth-order valence-electron chi connectivity index (χ4n) is 3.66. The quantitative estimate of drug-likeness (QED) is 0.0686. The van der Waals surface area contributed by atoms with Crippen molar-refractivity contribution in [1.82, 2.24) is 5.32 Å². The summed E-state index contributed by atoms with van der Waals surface area (Å²) in [4.78, 5) is 33.7. The average Bonchev–Trinajstić information content (AvgIpc) is 3.07. The van der Waals surface area contributed by atoms with Gasteiger partial charge in [-0.1, -0.05) is 26.7 Å². The number of amides is 1. The molecule has 0 aliphatic rings. The van der Waals surface area contributed by atoms with Crippen LogP contribution in [0.4, 0.5) is 0 Å². The van der Waals surface area contributed by atoms with Gasteiger partial charge in [0.15, 0.2) is 0 Å². The number of hydrogen-bond acceptors (Lipinski definition) is 14. The number of esters is 1. The van der Waals surface area contributed by atoms with Crippen LogP contribution in [0, 0.1) is 5.92 Å². The van der Waals surface area contributed by atoms with Crippen molar-refractivity contribution in [3.05, 3.63) is 0 Å². The van der Waals surface area contributed by atoms with Crippen molar-refractivity contribution in [3.63, 3.8) is 0 Å². The molecule has 0 aromatic carbocycles. The smallest absolute Gasteiger partial charge is 0.329 e. The van der Waals surface area contributed by atoms with Gasteiger partial charge in [0.1, 0.15) is 19.8 Å². The van der Waals surface area contributed by atoms with Crippen LogP contribution in [0.1, 0.15) is 39.5 Å². The number of nitrogens with one attached hydrogen (secondary N) is 1. The zero-order valence-corrected chi connectivity index (χ0v) is 29.1. The van der Waals surface area contributed by atoms with Crippen molar-refractivity contribution >= 4 is 17.8 Å². The van der Waals surface area contributed by atoms with Crippen LogP contribution in [0.3, 0.4) is 0 Å². The van der Waals surface area contributed by atoms with Gasteiger partial charge in [-0.3, -0.25) is 9.59 Å². The maximum Gasteiger partial charge on any atom is 0.329 e. The second kappa shape index (κ2) is 37.8. The number of unbranched alkanes of at least 4 members (excludes halogenated alkanes) is 1. The first-order valence-corrected chi connectivity index (χ1v) is 16.9. The Labute approximate surface area is 285 Å². The lowest BCUT2D eigenvalue weighted by Crippen LogP contribution is -2.31. The van der Waals surface area contributed by atoms with Crippen molar-refractivity contribution in [1.29, 1.82) is 0 Å². The predicted octanol–water partition coefficient (Wildman–Crippen LogP) is 1.11. The fraction of sp³-hybridized carbons (Fsp3) is 0.906. The van der Waals surface area contributed by atoms with Crippen LogP contribution in [0.2, 0.25) is 0 Å². The summed E-state index contributed by atoms with van der Waals surface area (Å²) in [5, 5.41) is 11.0. The minimum absolute atomic E-state index is 0.0127. The molecule has 1 amide bonds. The van der Waals surface area contributed by atoms with Crippen LogP contribution in [0.5, 0.6) is 0 Å². The molecule has 0 aliphatic heterocycles. The number of carboxylic acid groups (broad SMARTS) is 1. The van der Waals surface area contributed by atoms with Crippen LogP contribution >= 0.6 is 0 Å². The van der Waals surface area contributed by atoms with Gasteiger partial charge in [0.25, 0.3) is 0 Å². The third kappa shape index (κ3) is 35.3. The maximum absolute atomic E-state index is 12.0. The molecule has 0 rings (SSSR count). The lowest BCUT2D eigenvalue weighted by Gasteiger charge is -2.13. The first-order chi connectivity index (χ1) is 23.5. The summed E-state index contributed by atoms with van der Waals surface area (Å²) in [5.74, 6) is -1.67. The molecule has 0 aliphatic carbocycles. The number of rotatable bonds is 39. The Morgan fingerprint density at radius 1 is 0.521 bits per heavy atom. The highest BCUT2D eigenvalue weighted by Crippen LogP contribution is 2.14. The number of carboxylic acids is 1. The summed E-state index contributed by atoms with van der Waals surface area (Å²) < 4.78 is 58.8. The van der Waals surface area contributed by atoms with Gasteiger partial charge >= 0.3 is 11.9 Å². The summed E-state index contributed by atoms with van der Waals surface area (Å²) in [6, 6.07) is 0. The fourth-order valence-corrected chi connectivity index (χ4v) is 3.66. The van der Waals surface area contributed by atoms with Crippen molar-refractivity contribution in [2.75, 3.05) is 145 Å². The van der Waals surface area contributed by atoms with Crippen LogP contribution in [0.15, 0.2) is 0 Å². The Morgan fingerprint density at radius 2 is 0.896 bits per heavy atom. The van der Waals surface area contributed by atoms with E-state index in [1.807, 2.05) is 6.92 Å². The first kappa shape index (κ1) is 46.0. The second-order valence-corrected chi connectivity index (χ2v) is 10.2. The second-order valence-electron chi connectivity index (χ2n) is 10.2. The van der Waals surface area contributed by atoms with Crippen molar-refractivity contribution < 1.29 is 71.6 Å². The molecule has 1 atom stereocenters. The van der Waals surface area contributed by atoms with E-state index in [1.54, 1.807) is 0 Å². The van der Waals surface area contributed by atoms with Gasteiger partial charge in [-0.05, 0) is 12.8 Å². The van der Waals surface area contributed by atoms with Gasteiger partial charge in [0, 0.05) is 6.54 Å². The van der Waals surface area contributed by atoms with Crippen LogP contribution in [0.25, 0.3) is 0 Å². The first-order valence-electron chi connectivity index (χ1n) is 16.9. The molecule has 0 saturated heterocycles. The summed E-state index contributed by atoms with van der Waals surface area (Å²) in [6.45, 7) is 11.8. The molecule has 0 bridgehead atoms. The monoisotopic (exact) mass is 699 g/mol. The van der Waals surface area contributed by atoms with Crippen molar-refractivity contribution in [2.24, 2.45) is 5.92 Å². The lowest BCUT2D eigenvalue weighted by molar-refractivity contribution is -0.150. The SMILES string of the molecule is CCCCC(CC)C(=O)OCCOCCOCCOCCOCCOCCOCCOCCOCCOCCNC(=O)COCC(=O)O. The molecule has 0 fully saturated rings. The van der Waals surface area contributed by atoms with Gasteiger partial charge < -0.3 is 62.5 Å². The molecule has 16 nitrogen and oxygen atoms in total. The molecule has 0 heterocycles. The van der Waals surface area contributed by atoms with E-state index in [-0.39, 0.29) is 25.1 Å². The largest absolute Gasteiger partial charge is 0.480 e. The van der Waals surface area contributed by atoms with E-state index in [0.717, 1.165) is 25.7 Å². The lowest BCUT2D eigenvalue weighted by atomic mass is 10.00. The van der Waals surface area contributed by atoms with Crippen LogP contribution in [-0.4, -0.2) is 168 Å². The molecule has 0 aromatic rings. The highest BCUT2D eigenvalue weighted by Gasteiger charge is 2.17. The zero-order chi connectivity index (χ0) is 35.2. The number of carbonyl (C=O) groups is 3. The molecule has 16 heteroatoms. The van der Waals surface area contributed by atoms with Gasteiger partial charge in [0.2, 0.25) is 5.91 Å². The maximum atomic E-state index is 12.0. The van der Waals surface area contributed by atoms with Crippen LogP contribution < -0.4 is 5.32 Å². The average molecular weight is 700 g/mol. The molecule has 0 spiro atoms. The Balaban J connectivity index is 3.18. The number of aliphatic carboxylic acids is 1. The minimum atomic E-state index is -1.13. The normalized spacial score (nSPS) is 11.9. The van der Waals surface area contributed by atoms with E-state index in [2.05, 4.69) is 17.0 Å². The van der Waals surface area contributed by atoms with E-state index in [9.17, 15) is 14.4 Å². The van der Waals surface area contributed by atoms with Gasteiger partial charge in [-0.25, -0.2) is 4.79 Å². The van der Waals surface area contributed by atoms with E-state index in [1.165, 1.54) is 0 Å². The summed E-state index contributed by atoms with van der Waals surface area (Å²) in [5.41, 5.74) is 0. The van der Waals surface area contributed by atoms with Gasteiger partial charge in [-0.15, -0.1) is 0 Å². The zero-order valence-electron chi connectivity index (χ0n) is 29.1. The number of carbonyl (C=O) groups excluding carboxylic acids is 2. The molecule has 48 heavy (non-hydrogen) atoms. The molecular formula is C32H61NO15. The van der Waals surface area contributed by atoms with E-state index < -0.39 is 18.5 Å². The Morgan fingerprint density at radius 3 is 1.25 bits per heavy atom. The molecule has 0 aromatic heterocycles. The molecule has 1 unspecified atom stereocenters. The highest BCUT2D eigenvalue weighted by atomic mass is 16.6. The summed E-state index contributed by atoms with van der Waals surface area (Å²) in [6.07, 6.45) is 3.80. The minimum Gasteiger partial charge on any atom is -0.480 e. The Kier molecular flexibility index (Phi) is 36.3. The van der Waals surface area contributed by atoms with E-state index in [0.29, 0.717) is 125 Å². The van der Waals surface area contributed by atoms with Crippen molar-refractivity contribution in [3.8, 4) is 0 Å². The molecule has 0 radical (unpaired) electrons. The third-order valence-electron chi connectivity index (χ3n) is 6.21.